The molecule has 18 heavy (non-hydrogen) atoms. The van der Waals surface area contributed by atoms with E-state index < -0.39 is 0 Å². The number of carbonyl (C=O) groups is 1. The van der Waals surface area contributed by atoms with Gasteiger partial charge >= 0.3 is 0 Å². The monoisotopic (exact) mass is 305 g/mol. The fourth-order valence-electron chi connectivity index (χ4n) is 1.58. The highest BCUT2D eigenvalue weighted by Gasteiger charge is 2.11. The molecule has 2 aromatic carbocycles. The number of nitrogens with one attached hydrogen (secondary N) is 1. The lowest BCUT2D eigenvalue weighted by molar-refractivity contribution is 0.102. The van der Waals surface area contributed by atoms with Crippen LogP contribution in [0.15, 0.2) is 46.9 Å². The van der Waals surface area contributed by atoms with E-state index in [9.17, 15) is 9.90 Å². The molecule has 4 heteroatoms. The van der Waals surface area contributed by atoms with Crippen molar-refractivity contribution in [1.82, 2.24) is 0 Å². The Kier molecular flexibility index (Phi) is 3.67. The number of rotatable bonds is 2. The quantitative estimate of drug-likeness (QED) is 0.831. The van der Waals surface area contributed by atoms with Gasteiger partial charge in [0.05, 0.1) is 11.3 Å². The van der Waals surface area contributed by atoms with E-state index in [0.717, 1.165) is 5.56 Å². The first-order valence-corrected chi connectivity index (χ1v) is 6.23. The second kappa shape index (κ2) is 5.23. The van der Waals surface area contributed by atoms with Crippen LogP contribution in [0.3, 0.4) is 0 Å². The summed E-state index contributed by atoms with van der Waals surface area (Å²) in [6.07, 6.45) is 0. The Labute approximate surface area is 114 Å². The molecule has 0 saturated heterocycles. The van der Waals surface area contributed by atoms with E-state index in [0.29, 0.717) is 15.7 Å². The molecular formula is C14H12BrNO2. The smallest absolute Gasteiger partial charge is 0.256 e. The average Bonchev–Trinajstić information content (AvgIpc) is 2.33. The molecular weight excluding hydrogens is 294 g/mol. The number of halogens is 1. The molecule has 1 amide bonds. The van der Waals surface area contributed by atoms with Crippen LogP contribution in [0.1, 0.15) is 15.9 Å². The first-order valence-electron chi connectivity index (χ1n) is 5.43. The van der Waals surface area contributed by atoms with Gasteiger partial charge in [-0.25, -0.2) is 0 Å². The molecule has 0 aromatic heterocycles. The third-order valence-electron chi connectivity index (χ3n) is 2.52. The van der Waals surface area contributed by atoms with Crippen LogP contribution in [0.2, 0.25) is 0 Å². The van der Waals surface area contributed by atoms with Crippen molar-refractivity contribution in [2.45, 2.75) is 6.92 Å². The van der Waals surface area contributed by atoms with E-state index in [2.05, 4.69) is 21.2 Å². The van der Waals surface area contributed by atoms with Crippen LogP contribution in [-0.4, -0.2) is 11.0 Å². The zero-order valence-electron chi connectivity index (χ0n) is 9.77. The summed E-state index contributed by atoms with van der Waals surface area (Å²) < 4.78 is 0.717. The molecule has 2 N–H and O–H groups in total. The summed E-state index contributed by atoms with van der Waals surface area (Å²) >= 11 is 3.32. The molecule has 3 nitrogen and oxygen atoms in total. The average molecular weight is 306 g/mol. The van der Waals surface area contributed by atoms with Crippen molar-refractivity contribution in [2.75, 3.05) is 5.32 Å². The highest BCUT2D eigenvalue weighted by molar-refractivity contribution is 9.10. The van der Waals surface area contributed by atoms with Gasteiger partial charge in [-0.05, 0) is 52.7 Å². The second-order valence-electron chi connectivity index (χ2n) is 3.95. The van der Waals surface area contributed by atoms with Gasteiger partial charge in [0.25, 0.3) is 5.91 Å². The number of benzene rings is 2. The third-order valence-corrected chi connectivity index (χ3v) is 3.21. The topological polar surface area (TPSA) is 49.3 Å². The molecule has 0 atom stereocenters. The molecule has 0 heterocycles. The standard InChI is InChI=1S/C14H12BrNO2/c1-9-6-7-12(13(17)8-9)16-14(18)10-4-2-3-5-11(10)15/h2-8,17H,1H3,(H,16,18). The fraction of sp³-hybridized carbons (Fsp3) is 0.0714. The van der Waals surface area contributed by atoms with Crippen molar-refractivity contribution in [1.29, 1.82) is 0 Å². The lowest BCUT2D eigenvalue weighted by Gasteiger charge is -2.09. The number of amides is 1. The maximum absolute atomic E-state index is 12.0. The van der Waals surface area contributed by atoms with Gasteiger partial charge in [-0.2, -0.15) is 0 Å². The van der Waals surface area contributed by atoms with Gasteiger partial charge in [-0.3, -0.25) is 4.79 Å². The Hall–Kier alpha value is -1.81. The summed E-state index contributed by atoms with van der Waals surface area (Å²) in [6, 6.07) is 12.2. The zero-order valence-corrected chi connectivity index (χ0v) is 11.4. The van der Waals surface area contributed by atoms with Gasteiger partial charge in [0, 0.05) is 4.47 Å². The van der Waals surface area contributed by atoms with Gasteiger partial charge in [0.2, 0.25) is 0 Å². The largest absolute Gasteiger partial charge is 0.506 e. The maximum atomic E-state index is 12.0. The molecule has 92 valence electrons. The summed E-state index contributed by atoms with van der Waals surface area (Å²) in [5.74, 6) is -0.197. The number of aryl methyl sites for hydroxylation is 1. The van der Waals surface area contributed by atoms with Crippen molar-refractivity contribution in [2.24, 2.45) is 0 Å². The predicted molar refractivity (Wildman–Crippen MR) is 74.9 cm³/mol. The lowest BCUT2D eigenvalue weighted by Crippen LogP contribution is -2.12. The van der Waals surface area contributed by atoms with Crippen molar-refractivity contribution in [3.05, 3.63) is 58.1 Å². The minimum absolute atomic E-state index is 0.0652. The maximum Gasteiger partial charge on any atom is 0.256 e. The molecule has 0 aliphatic heterocycles. The van der Waals surface area contributed by atoms with Crippen LogP contribution in [0.5, 0.6) is 5.75 Å². The normalized spacial score (nSPS) is 10.1. The van der Waals surface area contributed by atoms with Crippen LogP contribution in [0.4, 0.5) is 5.69 Å². The Morgan fingerprint density at radius 2 is 1.94 bits per heavy atom. The summed E-state index contributed by atoms with van der Waals surface area (Å²) in [4.78, 5) is 12.0. The van der Waals surface area contributed by atoms with E-state index in [1.807, 2.05) is 19.1 Å². The number of hydrogen-bond acceptors (Lipinski definition) is 2. The molecule has 0 fully saturated rings. The van der Waals surface area contributed by atoms with E-state index in [4.69, 9.17) is 0 Å². The fourth-order valence-corrected chi connectivity index (χ4v) is 2.05. The molecule has 0 bridgehead atoms. The van der Waals surface area contributed by atoms with E-state index in [1.165, 1.54) is 0 Å². The van der Waals surface area contributed by atoms with Crippen molar-refractivity contribution in [3.8, 4) is 5.75 Å². The van der Waals surface area contributed by atoms with Crippen molar-refractivity contribution < 1.29 is 9.90 Å². The van der Waals surface area contributed by atoms with Crippen molar-refractivity contribution >= 4 is 27.5 Å². The van der Waals surface area contributed by atoms with Crippen LogP contribution >= 0.6 is 15.9 Å². The second-order valence-corrected chi connectivity index (χ2v) is 4.81. The molecule has 0 aliphatic rings. The third kappa shape index (κ3) is 2.71. The molecule has 2 aromatic rings. The first-order chi connectivity index (χ1) is 8.58. The lowest BCUT2D eigenvalue weighted by atomic mass is 10.2. The minimum atomic E-state index is -0.262. The number of phenols is 1. The summed E-state index contributed by atoms with van der Waals surface area (Å²) in [5, 5.41) is 12.4. The van der Waals surface area contributed by atoms with Gasteiger partial charge in [0.15, 0.2) is 0 Å². The highest BCUT2D eigenvalue weighted by Crippen LogP contribution is 2.25. The number of hydrogen-bond donors (Lipinski definition) is 2. The molecule has 2 rings (SSSR count). The number of carbonyl (C=O) groups excluding carboxylic acids is 1. The van der Waals surface area contributed by atoms with Gasteiger partial charge in [-0.15, -0.1) is 0 Å². The summed E-state index contributed by atoms with van der Waals surface area (Å²) in [5.41, 5.74) is 1.87. The van der Waals surface area contributed by atoms with Crippen LogP contribution in [0.25, 0.3) is 0 Å². The predicted octanol–water partition coefficient (Wildman–Crippen LogP) is 3.72. The number of anilines is 1. The van der Waals surface area contributed by atoms with Crippen LogP contribution in [-0.2, 0) is 0 Å². The molecule has 0 unspecified atom stereocenters. The van der Waals surface area contributed by atoms with Crippen molar-refractivity contribution in [3.63, 3.8) is 0 Å². The molecule has 0 spiro atoms. The van der Waals surface area contributed by atoms with Crippen LogP contribution < -0.4 is 5.32 Å². The summed E-state index contributed by atoms with van der Waals surface area (Å²) in [7, 11) is 0. The molecule has 0 radical (unpaired) electrons. The van der Waals surface area contributed by atoms with Gasteiger partial charge in [-0.1, -0.05) is 18.2 Å². The Morgan fingerprint density at radius 3 is 2.61 bits per heavy atom. The first kappa shape index (κ1) is 12.6. The highest BCUT2D eigenvalue weighted by atomic mass is 79.9. The Bertz CT molecular complexity index is 596. The van der Waals surface area contributed by atoms with Crippen LogP contribution in [0, 0.1) is 6.92 Å². The van der Waals surface area contributed by atoms with E-state index in [1.54, 1.807) is 30.3 Å². The Morgan fingerprint density at radius 1 is 1.22 bits per heavy atom. The van der Waals surface area contributed by atoms with E-state index in [-0.39, 0.29) is 11.7 Å². The Balaban J connectivity index is 2.24. The van der Waals surface area contributed by atoms with Gasteiger partial charge in [0.1, 0.15) is 5.75 Å². The SMILES string of the molecule is Cc1ccc(NC(=O)c2ccccc2Br)c(O)c1. The van der Waals surface area contributed by atoms with Gasteiger partial charge < -0.3 is 10.4 Å². The summed E-state index contributed by atoms with van der Waals surface area (Å²) in [6.45, 7) is 1.87. The van der Waals surface area contributed by atoms with E-state index >= 15 is 0 Å². The number of phenolic OH excluding ortho intramolecular Hbond substituents is 1. The molecule has 0 aliphatic carbocycles. The zero-order chi connectivity index (χ0) is 13.1. The minimum Gasteiger partial charge on any atom is -0.506 e. The number of aromatic hydroxyl groups is 1. The molecule has 0 saturated carbocycles.